The summed E-state index contributed by atoms with van der Waals surface area (Å²) in [5.41, 5.74) is 3.35. The number of benzene rings is 1. The van der Waals surface area contributed by atoms with Crippen molar-refractivity contribution in [3.8, 4) is 0 Å². The zero-order valence-corrected chi connectivity index (χ0v) is 12.5. The minimum Gasteiger partial charge on any atom is -0.395 e. The van der Waals surface area contributed by atoms with Crippen molar-refractivity contribution in [3.05, 3.63) is 59.9 Å². The van der Waals surface area contributed by atoms with Gasteiger partial charge in [-0.15, -0.1) is 0 Å². The number of nitrogens with one attached hydrogen (secondary N) is 1. The lowest BCUT2D eigenvalue weighted by atomic mass is 10.2. The Morgan fingerprint density at radius 3 is 2.67 bits per heavy atom. The van der Waals surface area contributed by atoms with E-state index in [1.54, 1.807) is 0 Å². The summed E-state index contributed by atoms with van der Waals surface area (Å²) >= 11 is 0. The highest BCUT2D eigenvalue weighted by atomic mass is 16.3. The summed E-state index contributed by atoms with van der Waals surface area (Å²) in [5.74, 6) is 0. The zero-order chi connectivity index (χ0) is 14.9. The fourth-order valence-electron chi connectivity index (χ4n) is 2.30. The first-order valence-electron chi connectivity index (χ1n) is 7.37. The second-order valence-electron chi connectivity index (χ2n) is 4.99. The molecule has 112 valence electrons. The van der Waals surface area contributed by atoms with Gasteiger partial charge < -0.3 is 10.4 Å². The number of anilines is 1. The average Bonchev–Trinajstić information content (AvgIpc) is 2.49. The number of aliphatic hydroxyl groups is 1. The Hall–Kier alpha value is -1.91. The van der Waals surface area contributed by atoms with E-state index < -0.39 is 0 Å². The van der Waals surface area contributed by atoms with Crippen LogP contribution in [-0.4, -0.2) is 34.7 Å². The summed E-state index contributed by atoms with van der Waals surface area (Å²) in [5, 5.41) is 12.6. The summed E-state index contributed by atoms with van der Waals surface area (Å²) in [6.45, 7) is 5.31. The third-order valence-corrected chi connectivity index (χ3v) is 3.25. The molecule has 0 atom stereocenters. The largest absolute Gasteiger partial charge is 0.395 e. The van der Waals surface area contributed by atoms with Crippen molar-refractivity contribution in [1.29, 1.82) is 0 Å². The quantitative estimate of drug-likeness (QED) is 0.782. The van der Waals surface area contributed by atoms with Gasteiger partial charge in [-0.2, -0.15) is 0 Å². The molecule has 0 radical (unpaired) electrons. The van der Waals surface area contributed by atoms with Gasteiger partial charge >= 0.3 is 0 Å². The maximum Gasteiger partial charge on any atom is 0.0564 e. The first kappa shape index (κ1) is 15.5. The van der Waals surface area contributed by atoms with Gasteiger partial charge in [-0.1, -0.05) is 30.3 Å². The van der Waals surface area contributed by atoms with Crippen molar-refractivity contribution in [3.63, 3.8) is 0 Å². The van der Waals surface area contributed by atoms with Gasteiger partial charge in [0.2, 0.25) is 0 Å². The molecular formula is C17H23N3O. The number of rotatable bonds is 8. The number of hydrogen-bond donors (Lipinski definition) is 2. The highest BCUT2D eigenvalue weighted by Crippen LogP contribution is 2.12. The molecule has 1 heterocycles. The Balaban J connectivity index is 2.03. The van der Waals surface area contributed by atoms with Crippen molar-refractivity contribution in [1.82, 2.24) is 9.88 Å². The van der Waals surface area contributed by atoms with Gasteiger partial charge in [0.25, 0.3) is 0 Å². The normalized spacial score (nSPS) is 10.8. The lowest BCUT2D eigenvalue weighted by Gasteiger charge is -2.21. The summed E-state index contributed by atoms with van der Waals surface area (Å²) in [6.07, 6.45) is 1.83. The summed E-state index contributed by atoms with van der Waals surface area (Å²) < 4.78 is 0. The van der Waals surface area contributed by atoms with E-state index in [1.165, 1.54) is 5.56 Å². The Morgan fingerprint density at radius 1 is 1.14 bits per heavy atom. The van der Waals surface area contributed by atoms with E-state index in [9.17, 15) is 5.11 Å². The molecule has 0 bridgehead atoms. The molecule has 0 aliphatic carbocycles. The number of pyridine rings is 1. The van der Waals surface area contributed by atoms with Gasteiger partial charge in [0.05, 0.1) is 12.3 Å². The minimum absolute atomic E-state index is 0.153. The predicted octanol–water partition coefficient (Wildman–Crippen LogP) is 2.51. The van der Waals surface area contributed by atoms with Crippen LogP contribution in [0.5, 0.6) is 0 Å². The Labute approximate surface area is 126 Å². The van der Waals surface area contributed by atoms with Crippen molar-refractivity contribution in [2.75, 3.05) is 25.0 Å². The zero-order valence-electron chi connectivity index (χ0n) is 12.5. The first-order valence-corrected chi connectivity index (χ1v) is 7.37. The summed E-state index contributed by atoms with van der Waals surface area (Å²) in [7, 11) is 0. The molecule has 1 aromatic heterocycles. The number of aliphatic hydroxyl groups excluding tert-OH is 1. The van der Waals surface area contributed by atoms with Crippen LogP contribution in [0.1, 0.15) is 18.2 Å². The third kappa shape index (κ3) is 5.17. The first-order chi connectivity index (χ1) is 10.3. The maximum atomic E-state index is 9.26. The highest BCUT2D eigenvalue weighted by Gasteiger charge is 2.08. The number of hydrogen-bond acceptors (Lipinski definition) is 4. The van der Waals surface area contributed by atoms with Gasteiger partial charge in [-0.3, -0.25) is 9.88 Å². The van der Waals surface area contributed by atoms with E-state index in [0.29, 0.717) is 6.54 Å². The lowest BCUT2D eigenvalue weighted by molar-refractivity contribution is 0.183. The van der Waals surface area contributed by atoms with Crippen LogP contribution in [0.3, 0.4) is 0 Å². The van der Waals surface area contributed by atoms with Crippen LogP contribution < -0.4 is 5.32 Å². The predicted molar refractivity (Wildman–Crippen MR) is 86.0 cm³/mol. The smallest absolute Gasteiger partial charge is 0.0564 e. The molecule has 0 aliphatic heterocycles. The lowest BCUT2D eigenvalue weighted by Crippen LogP contribution is -2.26. The molecule has 4 heteroatoms. The van der Waals surface area contributed by atoms with Gasteiger partial charge in [0, 0.05) is 38.1 Å². The third-order valence-electron chi connectivity index (χ3n) is 3.25. The van der Waals surface area contributed by atoms with Crippen LogP contribution in [-0.2, 0) is 13.1 Å². The molecule has 4 nitrogen and oxygen atoms in total. The fraction of sp³-hybridized carbons (Fsp3) is 0.353. The van der Waals surface area contributed by atoms with E-state index in [2.05, 4.69) is 40.3 Å². The molecule has 2 rings (SSSR count). The van der Waals surface area contributed by atoms with Crippen molar-refractivity contribution < 1.29 is 5.11 Å². The van der Waals surface area contributed by atoms with E-state index in [-0.39, 0.29) is 6.61 Å². The number of aromatic nitrogens is 1. The van der Waals surface area contributed by atoms with Gasteiger partial charge in [-0.05, 0) is 24.6 Å². The summed E-state index contributed by atoms with van der Waals surface area (Å²) in [6, 6.07) is 14.3. The molecule has 2 N–H and O–H groups in total. The van der Waals surface area contributed by atoms with Gasteiger partial charge in [0.1, 0.15) is 0 Å². The van der Waals surface area contributed by atoms with Crippen LogP contribution in [0, 0.1) is 0 Å². The molecule has 0 amide bonds. The molecule has 0 unspecified atom stereocenters. The van der Waals surface area contributed by atoms with Crippen molar-refractivity contribution in [2.24, 2.45) is 0 Å². The Bertz CT molecular complexity index is 531. The molecule has 1 aromatic carbocycles. The Kier molecular flexibility index (Phi) is 6.19. The van der Waals surface area contributed by atoms with E-state index in [4.69, 9.17) is 0 Å². The minimum atomic E-state index is 0.153. The van der Waals surface area contributed by atoms with Crippen LogP contribution in [0.4, 0.5) is 5.69 Å². The highest BCUT2D eigenvalue weighted by molar-refractivity contribution is 5.42. The maximum absolute atomic E-state index is 9.26. The van der Waals surface area contributed by atoms with Crippen LogP contribution >= 0.6 is 0 Å². The molecule has 21 heavy (non-hydrogen) atoms. The van der Waals surface area contributed by atoms with E-state index in [1.807, 2.05) is 30.5 Å². The van der Waals surface area contributed by atoms with Crippen LogP contribution in [0.2, 0.25) is 0 Å². The van der Waals surface area contributed by atoms with Crippen molar-refractivity contribution >= 4 is 5.69 Å². The fourth-order valence-corrected chi connectivity index (χ4v) is 2.30. The second kappa shape index (κ2) is 8.39. The molecule has 0 fully saturated rings. The Morgan fingerprint density at radius 2 is 1.95 bits per heavy atom. The summed E-state index contributed by atoms with van der Waals surface area (Å²) in [4.78, 5) is 6.62. The van der Waals surface area contributed by atoms with Gasteiger partial charge in [-0.25, -0.2) is 0 Å². The van der Waals surface area contributed by atoms with E-state index in [0.717, 1.165) is 31.0 Å². The SMILES string of the molecule is CCNc1ccnc(CN(CCO)Cc2ccccc2)c1. The molecule has 0 saturated heterocycles. The molecule has 2 aromatic rings. The van der Waals surface area contributed by atoms with Crippen LogP contribution in [0.25, 0.3) is 0 Å². The standard InChI is InChI=1S/C17H23N3O/c1-2-18-16-8-9-19-17(12-16)14-20(10-11-21)13-15-6-4-3-5-7-15/h3-9,12,21H,2,10-11,13-14H2,1H3,(H,18,19). The molecule has 0 saturated carbocycles. The molecule has 0 aliphatic rings. The van der Waals surface area contributed by atoms with Gasteiger partial charge in [0.15, 0.2) is 0 Å². The van der Waals surface area contributed by atoms with Crippen LogP contribution in [0.15, 0.2) is 48.7 Å². The van der Waals surface area contributed by atoms with Crippen molar-refractivity contribution in [2.45, 2.75) is 20.0 Å². The monoisotopic (exact) mass is 285 g/mol. The van der Waals surface area contributed by atoms with E-state index >= 15 is 0 Å². The average molecular weight is 285 g/mol. The second-order valence-corrected chi connectivity index (χ2v) is 4.99. The molecular weight excluding hydrogens is 262 g/mol. The number of nitrogens with zero attached hydrogens (tertiary/aromatic N) is 2. The molecule has 0 spiro atoms. The topological polar surface area (TPSA) is 48.4 Å².